The van der Waals surface area contributed by atoms with Gasteiger partial charge >= 0.3 is 0 Å². The van der Waals surface area contributed by atoms with Gasteiger partial charge in [-0.2, -0.15) is 0 Å². The van der Waals surface area contributed by atoms with Crippen LogP contribution in [0, 0.1) is 7.05 Å². The second kappa shape index (κ2) is 4.40. The highest BCUT2D eigenvalue weighted by atomic mass is 16.1. The number of rotatable bonds is 3. The van der Waals surface area contributed by atoms with Gasteiger partial charge in [-0.15, -0.1) is 0 Å². The van der Waals surface area contributed by atoms with Crippen LogP contribution in [0.5, 0.6) is 0 Å². The van der Waals surface area contributed by atoms with E-state index in [-0.39, 0.29) is 5.91 Å². The summed E-state index contributed by atoms with van der Waals surface area (Å²) in [7, 11) is 3.26. The Hall–Kier alpha value is -1.64. The van der Waals surface area contributed by atoms with Gasteiger partial charge in [-0.05, 0) is 5.56 Å². The largest absolute Gasteiger partial charge is 0.354 e. The van der Waals surface area contributed by atoms with Crippen molar-refractivity contribution in [3.63, 3.8) is 0 Å². The quantitative estimate of drug-likeness (QED) is 0.697. The molecule has 3 heteroatoms. The molecule has 0 fully saturated rings. The molecule has 0 aliphatic heterocycles. The van der Waals surface area contributed by atoms with Crippen LogP contribution in [0.25, 0.3) is 0 Å². The predicted molar refractivity (Wildman–Crippen MR) is 49.0 cm³/mol. The van der Waals surface area contributed by atoms with Gasteiger partial charge in [-0.3, -0.25) is 9.59 Å². The lowest BCUT2D eigenvalue weighted by Gasteiger charge is -1.99. The molecule has 0 unspecified atom stereocenters. The highest BCUT2D eigenvalue weighted by Gasteiger charge is 1.99. The molecule has 1 N–H and O–H groups in total. The van der Waals surface area contributed by atoms with E-state index in [2.05, 4.69) is 12.4 Å². The smallest absolute Gasteiger partial charge is 0.224 e. The average molecular weight is 176 g/mol. The van der Waals surface area contributed by atoms with Gasteiger partial charge in [0, 0.05) is 12.6 Å². The standard InChI is InChI=1S/C10H10NO2/c1-11-10(13)6-8-2-4-9(7-12)5-3-8/h2-5,7H,1,6H2,(H,11,13). The summed E-state index contributed by atoms with van der Waals surface area (Å²) in [4.78, 5) is 21.2. The van der Waals surface area contributed by atoms with Crippen molar-refractivity contribution in [2.75, 3.05) is 0 Å². The van der Waals surface area contributed by atoms with E-state index in [1.807, 2.05) is 0 Å². The zero-order chi connectivity index (χ0) is 9.68. The van der Waals surface area contributed by atoms with E-state index < -0.39 is 0 Å². The van der Waals surface area contributed by atoms with Crippen LogP contribution in [0.15, 0.2) is 24.3 Å². The Labute approximate surface area is 76.8 Å². The van der Waals surface area contributed by atoms with Crippen molar-refractivity contribution in [1.29, 1.82) is 0 Å². The molecule has 67 valence electrons. The number of aldehydes is 1. The van der Waals surface area contributed by atoms with E-state index in [1.165, 1.54) is 0 Å². The Morgan fingerprint density at radius 2 is 2.00 bits per heavy atom. The molecule has 3 nitrogen and oxygen atoms in total. The van der Waals surface area contributed by atoms with Crippen molar-refractivity contribution in [3.05, 3.63) is 42.4 Å². The summed E-state index contributed by atoms with van der Waals surface area (Å²) in [6.45, 7) is 0. The SMILES string of the molecule is [CH2]NC(=O)Cc1ccc(C=O)cc1. The van der Waals surface area contributed by atoms with Gasteiger partial charge in [-0.1, -0.05) is 24.3 Å². The van der Waals surface area contributed by atoms with Crippen LogP contribution in [0.4, 0.5) is 0 Å². The van der Waals surface area contributed by atoms with Gasteiger partial charge in [0.1, 0.15) is 6.29 Å². The summed E-state index contributed by atoms with van der Waals surface area (Å²) in [5, 5.41) is 2.28. The van der Waals surface area contributed by atoms with Crippen LogP contribution < -0.4 is 5.32 Å². The van der Waals surface area contributed by atoms with Gasteiger partial charge < -0.3 is 5.32 Å². The van der Waals surface area contributed by atoms with Crippen LogP contribution in [0.3, 0.4) is 0 Å². The topological polar surface area (TPSA) is 46.2 Å². The molecule has 0 spiro atoms. The summed E-state index contributed by atoms with van der Waals surface area (Å²) in [6.07, 6.45) is 1.06. The first-order chi connectivity index (χ1) is 6.26. The molecule has 1 rings (SSSR count). The number of carbonyl (C=O) groups is 2. The monoisotopic (exact) mass is 176 g/mol. The van der Waals surface area contributed by atoms with Crippen molar-refractivity contribution >= 4 is 12.2 Å². The zero-order valence-corrected chi connectivity index (χ0v) is 7.12. The maximum atomic E-state index is 10.9. The van der Waals surface area contributed by atoms with Crippen molar-refractivity contribution in [2.45, 2.75) is 6.42 Å². The number of nitrogens with one attached hydrogen (secondary N) is 1. The molecule has 1 aromatic rings. The first-order valence-electron chi connectivity index (χ1n) is 3.86. The van der Waals surface area contributed by atoms with E-state index in [1.54, 1.807) is 24.3 Å². The van der Waals surface area contributed by atoms with E-state index in [9.17, 15) is 9.59 Å². The van der Waals surface area contributed by atoms with Crippen molar-refractivity contribution in [2.24, 2.45) is 0 Å². The summed E-state index contributed by atoms with van der Waals surface area (Å²) < 4.78 is 0. The number of carbonyl (C=O) groups excluding carboxylic acids is 2. The van der Waals surface area contributed by atoms with Gasteiger partial charge in [0.05, 0.1) is 6.42 Å². The third-order valence-electron chi connectivity index (χ3n) is 1.68. The molecule has 0 bridgehead atoms. The first kappa shape index (κ1) is 9.45. The number of benzene rings is 1. The Morgan fingerprint density at radius 1 is 1.38 bits per heavy atom. The molecule has 0 atom stereocenters. The fraction of sp³-hybridized carbons (Fsp3) is 0.100. The predicted octanol–water partition coefficient (Wildman–Crippen LogP) is 0.949. The number of hydrogen-bond donors (Lipinski definition) is 1. The minimum Gasteiger partial charge on any atom is -0.354 e. The summed E-state index contributed by atoms with van der Waals surface area (Å²) in [5.41, 5.74) is 1.48. The van der Waals surface area contributed by atoms with Crippen LogP contribution in [-0.2, 0) is 11.2 Å². The lowest BCUT2D eigenvalue weighted by molar-refractivity contribution is -0.119. The Bertz CT molecular complexity index is 303. The molecule has 1 radical (unpaired) electrons. The van der Waals surface area contributed by atoms with Gasteiger partial charge in [-0.25, -0.2) is 0 Å². The lowest BCUT2D eigenvalue weighted by atomic mass is 10.1. The molecule has 0 aliphatic carbocycles. The van der Waals surface area contributed by atoms with Crippen LogP contribution in [0.2, 0.25) is 0 Å². The molecule has 0 saturated heterocycles. The molecular weight excluding hydrogens is 166 g/mol. The molecule has 0 heterocycles. The summed E-state index contributed by atoms with van der Waals surface area (Å²) in [6, 6.07) is 6.86. The van der Waals surface area contributed by atoms with Gasteiger partial charge in [0.15, 0.2) is 0 Å². The Kier molecular flexibility index (Phi) is 3.20. The fourth-order valence-electron chi connectivity index (χ4n) is 0.962. The number of hydrogen-bond acceptors (Lipinski definition) is 2. The summed E-state index contributed by atoms with van der Waals surface area (Å²) >= 11 is 0. The van der Waals surface area contributed by atoms with E-state index in [0.29, 0.717) is 12.0 Å². The minimum atomic E-state index is -0.140. The van der Waals surface area contributed by atoms with Crippen molar-refractivity contribution in [1.82, 2.24) is 5.32 Å². The maximum Gasteiger partial charge on any atom is 0.224 e. The van der Waals surface area contributed by atoms with Crippen LogP contribution in [0.1, 0.15) is 15.9 Å². The minimum absolute atomic E-state index is 0.140. The van der Waals surface area contributed by atoms with Crippen molar-refractivity contribution < 1.29 is 9.59 Å². The third kappa shape index (κ3) is 2.71. The zero-order valence-electron chi connectivity index (χ0n) is 7.12. The lowest BCUT2D eigenvalue weighted by Crippen LogP contribution is -2.17. The molecule has 1 amide bonds. The highest BCUT2D eigenvalue weighted by Crippen LogP contribution is 2.02. The third-order valence-corrected chi connectivity index (χ3v) is 1.68. The van der Waals surface area contributed by atoms with Crippen molar-refractivity contribution in [3.8, 4) is 0 Å². The van der Waals surface area contributed by atoms with Gasteiger partial charge in [0.2, 0.25) is 5.91 Å². The molecule has 0 aromatic heterocycles. The molecule has 13 heavy (non-hydrogen) atoms. The average Bonchev–Trinajstić information content (AvgIpc) is 2.19. The van der Waals surface area contributed by atoms with Crippen LogP contribution >= 0.6 is 0 Å². The fourth-order valence-corrected chi connectivity index (χ4v) is 0.962. The molecule has 0 saturated carbocycles. The van der Waals surface area contributed by atoms with Crippen LogP contribution in [-0.4, -0.2) is 12.2 Å². The normalized spacial score (nSPS) is 9.31. The Balaban J connectivity index is 2.69. The first-order valence-corrected chi connectivity index (χ1v) is 3.86. The molecule has 0 aliphatic rings. The number of amides is 1. The summed E-state index contributed by atoms with van der Waals surface area (Å²) in [5.74, 6) is -0.140. The maximum absolute atomic E-state index is 10.9. The Morgan fingerprint density at radius 3 is 2.46 bits per heavy atom. The highest BCUT2D eigenvalue weighted by molar-refractivity contribution is 5.79. The van der Waals surface area contributed by atoms with Gasteiger partial charge in [0.25, 0.3) is 0 Å². The molecular formula is C10H10NO2. The van der Waals surface area contributed by atoms with E-state index in [0.717, 1.165) is 11.8 Å². The van der Waals surface area contributed by atoms with E-state index >= 15 is 0 Å². The van der Waals surface area contributed by atoms with E-state index in [4.69, 9.17) is 0 Å². The second-order valence-electron chi connectivity index (χ2n) is 2.64. The molecule has 1 aromatic carbocycles. The second-order valence-corrected chi connectivity index (χ2v) is 2.64.